The van der Waals surface area contributed by atoms with Crippen LogP contribution in [0.5, 0.6) is 0 Å². The Morgan fingerprint density at radius 1 is 1.53 bits per heavy atom. The van der Waals surface area contributed by atoms with Crippen LogP contribution >= 0.6 is 0 Å². The molecule has 1 fully saturated rings. The second-order valence-corrected chi connectivity index (χ2v) is 4.20. The van der Waals surface area contributed by atoms with Gasteiger partial charge in [0.25, 0.3) is 0 Å². The lowest BCUT2D eigenvalue weighted by Crippen LogP contribution is -2.43. The van der Waals surface area contributed by atoms with Gasteiger partial charge in [0.1, 0.15) is 0 Å². The largest absolute Gasteiger partial charge is 0.481 e. The lowest BCUT2D eigenvalue weighted by Gasteiger charge is -2.26. The van der Waals surface area contributed by atoms with Crippen LogP contribution in [0.1, 0.15) is 39.0 Å². The van der Waals surface area contributed by atoms with Crippen molar-refractivity contribution in [1.82, 2.24) is 5.32 Å². The highest BCUT2D eigenvalue weighted by atomic mass is 16.5. The first-order valence-electron chi connectivity index (χ1n) is 5.66. The zero-order chi connectivity index (χ0) is 12.9. The van der Waals surface area contributed by atoms with Crippen LogP contribution in [-0.2, 0) is 19.1 Å². The Labute approximate surface area is 99.3 Å². The lowest BCUT2D eigenvalue weighted by atomic mass is 9.88. The van der Waals surface area contributed by atoms with Crippen LogP contribution in [0, 0.1) is 0 Å². The van der Waals surface area contributed by atoms with Crippen molar-refractivity contribution in [1.29, 1.82) is 0 Å². The zero-order valence-electron chi connectivity index (χ0n) is 9.82. The van der Waals surface area contributed by atoms with Gasteiger partial charge in [-0.25, -0.2) is 0 Å². The summed E-state index contributed by atoms with van der Waals surface area (Å²) in [6, 6.07) is 0. The van der Waals surface area contributed by atoms with Gasteiger partial charge in [-0.1, -0.05) is 0 Å². The maximum atomic E-state index is 11.2. The van der Waals surface area contributed by atoms with Gasteiger partial charge < -0.3 is 15.2 Å². The second kappa shape index (κ2) is 5.65. The van der Waals surface area contributed by atoms with E-state index in [0.717, 1.165) is 0 Å². The van der Waals surface area contributed by atoms with E-state index >= 15 is 0 Å². The minimum Gasteiger partial charge on any atom is -0.481 e. The molecule has 0 aromatic carbocycles. The normalized spacial score (nSPS) is 23.2. The molecule has 1 aliphatic rings. The van der Waals surface area contributed by atoms with Crippen LogP contribution < -0.4 is 5.32 Å². The minimum absolute atomic E-state index is 0.126. The van der Waals surface area contributed by atoms with Crippen molar-refractivity contribution < 1.29 is 24.2 Å². The topological polar surface area (TPSA) is 92.7 Å². The second-order valence-electron chi connectivity index (χ2n) is 4.20. The van der Waals surface area contributed by atoms with Crippen molar-refractivity contribution in [2.45, 2.75) is 44.6 Å². The number of carbonyl (C=O) groups is 3. The maximum Gasteiger partial charge on any atom is 0.305 e. The van der Waals surface area contributed by atoms with E-state index in [0.29, 0.717) is 25.9 Å². The fraction of sp³-hybridized carbons (Fsp3) is 0.727. The number of carboxylic acid groups (broad SMARTS) is 1. The molecule has 1 rings (SSSR count). The Morgan fingerprint density at radius 3 is 2.71 bits per heavy atom. The predicted octanol–water partition coefficient (Wildman–Crippen LogP) is 0.453. The molecule has 0 radical (unpaired) electrons. The molecule has 0 spiro atoms. The van der Waals surface area contributed by atoms with Crippen LogP contribution in [0.15, 0.2) is 0 Å². The van der Waals surface area contributed by atoms with E-state index in [4.69, 9.17) is 9.84 Å². The summed E-state index contributed by atoms with van der Waals surface area (Å²) in [5, 5.41) is 11.5. The van der Waals surface area contributed by atoms with E-state index < -0.39 is 11.5 Å². The van der Waals surface area contributed by atoms with E-state index in [1.54, 1.807) is 6.92 Å². The number of carboxylic acids is 1. The summed E-state index contributed by atoms with van der Waals surface area (Å²) in [5.74, 6) is -1.50. The van der Waals surface area contributed by atoms with E-state index in [1.165, 1.54) is 0 Å². The first-order chi connectivity index (χ1) is 7.97. The molecule has 0 bridgehead atoms. The summed E-state index contributed by atoms with van der Waals surface area (Å²) < 4.78 is 4.78. The Hall–Kier alpha value is -1.59. The molecule has 1 heterocycles. The summed E-state index contributed by atoms with van der Waals surface area (Å²) in [4.78, 5) is 33.2. The van der Waals surface area contributed by atoms with Crippen molar-refractivity contribution in [3.05, 3.63) is 0 Å². The molecule has 0 aliphatic carbocycles. The minimum atomic E-state index is -0.976. The van der Waals surface area contributed by atoms with Crippen molar-refractivity contribution >= 4 is 17.8 Å². The third-order valence-corrected chi connectivity index (χ3v) is 2.84. The van der Waals surface area contributed by atoms with E-state index in [2.05, 4.69) is 5.32 Å². The zero-order valence-corrected chi connectivity index (χ0v) is 9.82. The molecule has 1 atom stereocenters. The van der Waals surface area contributed by atoms with Gasteiger partial charge in [0.2, 0.25) is 5.91 Å². The predicted molar refractivity (Wildman–Crippen MR) is 58.2 cm³/mol. The van der Waals surface area contributed by atoms with Gasteiger partial charge in [0.15, 0.2) is 0 Å². The standard InChI is InChI=1S/C11H17NO5/c1-2-17-10(16)4-6-11(7-9(14)15)5-3-8(13)12-11/h2-7H2,1H3,(H,12,13)(H,14,15). The van der Waals surface area contributed by atoms with Crippen molar-refractivity contribution in [3.8, 4) is 0 Å². The molecule has 1 unspecified atom stereocenters. The Balaban J connectivity index is 2.56. The number of ether oxygens (including phenoxy) is 1. The number of hydrogen-bond acceptors (Lipinski definition) is 4. The number of aliphatic carboxylic acids is 1. The van der Waals surface area contributed by atoms with E-state index in [9.17, 15) is 14.4 Å². The molecular formula is C11H17NO5. The fourth-order valence-corrected chi connectivity index (χ4v) is 2.05. The first kappa shape index (κ1) is 13.5. The van der Waals surface area contributed by atoms with Gasteiger partial charge in [0, 0.05) is 12.8 Å². The molecule has 96 valence electrons. The molecule has 0 aromatic rings. The Morgan fingerprint density at radius 2 is 2.24 bits per heavy atom. The maximum absolute atomic E-state index is 11.2. The monoisotopic (exact) mass is 243 g/mol. The Kier molecular flexibility index (Phi) is 4.48. The van der Waals surface area contributed by atoms with Crippen LogP contribution in [0.4, 0.5) is 0 Å². The van der Waals surface area contributed by atoms with Gasteiger partial charge >= 0.3 is 11.9 Å². The molecule has 1 amide bonds. The van der Waals surface area contributed by atoms with Crippen molar-refractivity contribution in [2.24, 2.45) is 0 Å². The molecule has 6 nitrogen and oxygen atoms in total. The van der Waals surface area contributed by atoms with Gasteiger partial charge in [-0.3, -0.25) is 14.4 Å². The number of rotatable bonds is 6. The van der Waals surface area contributed by atoms with Gasteiger partial charge in [-0.15, -0.1) is 0 Å². The molecule has 2 N–H and O–H groups in total. The van der Waals surface area contributed by atoms with E-state index in [1.807, 2.05) is 0 Å². The first-order valence-corrected chi connectivity index (χ1v) is 5.66. The lowest BCUT2D eigenvalue weighted by molar-refractivity contribution is -0.145. The van der Waals surface area contributed by atoms with Crippen molar-refractivity contribution in [2.75, 3.05) is 6.61 Å². The summed E-state index contributed by atoms with van der Waals surface area (Å²) in [7, 11) is 0. The highest BCUT2D eigenvalue weighted by Gasteiger charge is 2.39. The average molecular weight is 243 g/mol. The van der Waals surface area contributed by atoms with Gasteiger partial charge in [-0.05, 0) is 19.8 Å². The molecule has 0 aromatic heterocycles. The number of nitrogens with one attached hydrogen (secondary N) is 1. The van der Waals surface area contributed by atoms with Crippen LogP contribution in [0.3, 0.4) is 0 Å². The Bertz CT molecular complexity index is 328. The smallest absolute Gasteiger partial charge is 0.305 e. The number of amides is 1. The molecular weight excluding hydrogens is 226 g/mol. The highest BCUT2D eigenvalue weighted by molar-refractivity contribution is 5.81. The van der Waals surface area contributed by atoms with Crippen LogP contribution in [-0.4, -0.2) is 35.1 Å². The number of carbonyl (C=O) groups excluding carboxylic acids is 2. The third-order valence-electron chi connectivity index (χ3n) is 2.84. The molecule has 0 saturated carbocycles. The highest BCUT2D eigenvalue weighted by Crippen LogP contribution is 2.29. The van der Waals surface area contributed by atoms with Crippen molar-refractivity contribution in [3.63, 3.8) is 0 Å². The molecule has 1 aliphatic heterocycles. The fourth-order valence-electron chi connectivity index (χ4n) is 2.05. The third kappa shape index (κ3) is 4.05. The van der Waals surface area contributed by atoms with Crippen LogP contribution in [0.25, 0.3) is 0 Å². The molecule has 6 heteroatoms. The molecule has 1 saturated heterocycles. The van der Waals surface area contributed by atoms with Gasteiger partial charge in [-0.2, -0.15) is 0 Å². The van der Waals surface area contributed by atoms with Crippen LogP contribution in [0.2, 0.25) is 0 Å². The number of esters is 1. The molecule has 17 heavy (non-hydrogen) atoms. The summed E-state index contributed by atoms with van der Waals surface area (Å²) >= 11 is 0. The quantitative estimate of drug-likeness (QED) is 0.661. The summed E-state index contributed by atoms with van der Waals surface area (Å²) in [5.41, 5.74) is -0.782. The van der Waals surface area contributed by atoms with E-state index in [-0.39, 0.29) is 24.7 Å². The summed E-state index contributed by atoms with van der Waals surface area (Å²) in [6.45, 7) is 2.01. The average Bonchev–Trinajstić information content (AvgIpc) is 2.57. The summed E-state index contributed by atoms with van der Waals surface area (Å²) in [6.07, 6.45) is 1.05. The SMILES string of the molecule is CCOC(=O)CCC1(CC(=O)O)CCC(=O)N1. The van der Waals surface area contributed by atoms with Gasteiger partial charge in [0.05, 0.1) is 18.6 Å². The number of hydrogen-bond donors (Lipinski definition) is 2.